The molecule has 2 aromatic rings. The number of nitrogens with one attached hydrogen (secondary N) is 2. The van der Waals surface area contributed by atoms with Crippen LogP contribution >= 0.6 is 0 Å². The summed E-state index contributed by atoms with van der Waals surface area (Å²) in [6.45, 7) is 7.50. The highest BCUT2D eigenvalue weighted by Gasteiger charge is 2.14. The van der Waals surface area contributed by atoms with Crippen molar-refractivity contribution in [3.05, 3.63) is 60.7 Å². The molecule has 0 aliphatic carbocycles. The van der Waals surface area contributed by atoms with Crippen LogP contribution in [0.2, 0.25) is 0 Å². The minimum Gasteiger partial charge on any atom is -0.493 e. The maximum atomic E-state index is 11.7. The maximum Gasteiger partial charge on any atom is 0.224 e. The molecule has 0 aliphatic rings. The van der Waals surface area contributed by atoms with Crippen LogP contribution in [0.25, 0.3) is 5.57 Å². The molecule has 0 spiro atoms. The van der Waals surface area contributed by atoms with Gasteiger partial charge in [-0.25, -0.2) is 4.98 Å². The van der Waals surface area contributed by atoms with Gasteiger partial charge in [-0.15, -0.1) is 0 Å². The number of hydrogen-bond acceptors (Lipinski definition) is 7. The molecule has 1 aromatic carbocycles. The van der Waals surface area contributed by atoms with Crippen molar-refractivity contribution >= 4 is 23.0 Å². The van der Waals surface area contributed by atoms with Gasteiger partial charge in [0.25, 0.3) is 0 Å². The third-order valence-electron chi connectivity index (χ3n) is 4.31. The molecule has 8 nitrogen and oxygen atoms in total. The van der Waals surface area contributed by atoms with E-state index in [1.807, 2.05) is 13.0 Å². The number of hydrogen-bond donors (Lipinski definition) is 2. The topological polar surface area (TPSA) is 94.6 Å². The predicted octanol–water partition coefficient (Wildman–Crippen LogP) is 4.25. The normalized spacial score (nSPS) is 11.5. The van der Waals surface area contributed by atoms with Crippen LogP contribution in [0.1, 0.15) is 26.0 Å². The lowest BCUT2D eigenvalue weighted by Gasteiger charge is -2.15. The lowest BCUT2D eigenvalue weighted by atomic mass is 10.1. The van der Waals surface area contributed by atoms with Gasteiger partial charge in [-0.05, 0) is 13.0 Å². The first-order chi connectivity index (χ1) is 15.0. The fraction of sp³-hybridized carbons (Fsp3) is 0.261. The Morgan fingerprint density at radius 3 is 2.32 bits per heavy atom. The lowest BCUT2D eigenvalue weighted by molar-refractivity contribution is -0.120. The van der Waals surface area contributed by atoms with E-state index in [4.69, 9.17) is 14.2 Å². The summed E-state index contributed by atoms with van der Waals surface area (Å²) in [5.74, 6) is 1.98. The Bertz CT molecular complexity index is 974. The number of aromatic nitrogens is 2. The van der Waals surface area contributed by atoms with Crippen LogP contribution in [0.4, 0.5) is 11.5 Å². The van der Waals surface area contributed by atoms with E-state index in [9.17, 15) is 4.79 Å². The second-order valence-electron chi connectivity index (χ2n) is 6.28. The average molecular weight is 425 g/mol. The number of anilines is 2. The largest absolute Gasteiger partial charge is 0.493 e. The first-order valence-corrected chi connectivity index (χ1v) is 9.69. The molecule has 1 aromatic heterocycles. The SMILES string of the molecule is C=C/C(=C\C(=C/C)NC(=O)CC)c1cncc(Nc2cc(OC)c(OC)c(OC)c2)n1. The summed E-state index contributed by atoms with van der Waals surface area (Å²) in [7, 11) is 4.66. The summed E-state index contributed by atoms with van der Waals surface area (Å²) in [5.41, 5.74) is 2.66. The van der Waals surface area contributed by atoms with Crippen LogP contribution in [0.5, 0.6) is 17.2 Å². The predicted molar refractivity (Wildman–Crippen MR) is 122 cm³/mol. The number of nitrogens with zero attached hydrogens (tertiary/aromatic N) is 2. The fourth-order valence-corrected chi connectivity index (χ4v) is 2.71. The van der Waals surface area contributed by atoms with Crippen molar-refractivity contribution in [1.29, 1.82) is 0 Å². The minimum atomic E-state index is -0.0725. The van der Waals surface area contributed by atoms with Crippen LogP contribution in [0, 0.1) is 0 Å². The molecule has 0 radical (unpaired) electrons. The number of methoxy groups -OCH3 is 3. The maximum absolute atomic E-state index is 11.7. The van der Waals surface area contributed by atoms with Gasteiger partial charge in [0.05, 0.1) is 39.4 Å². The first kappa shape index (κ1) is 23.5. The Hall–Kier alpha value is -3.81. The van der Waals surface area contributed by atoms with Gasteiger partial charge >= 0.3 is 0 Å². The summed E-state index contributed by atoms with van der Waals surface area (Å²) in [4.78, 5) is 20.6. The van der Waals surface area contributed by atoms with E-state index in [1.54, 1.807) is 64.9 Å². The van der Waals surface area contributed by atoms with Gasteiger partial charge in [0.1, 0.15) is 5.82 Å². The lowest BCUT2D eigenvalue weighted by Crippen LogP contribution is -2.20. The molecule has 2 N–H and O–H groups in total. The van der Waals surface area contributed by atoms with Crippen LogP contribution in [-0.2, 0) is 4.79 Å². The van der Waals surface area contributed by atoms with E-state index < -0.39 is 0 Å². The average Bonchev–Trinajstić information content (AvgIpc) is 2.80. The quantitative estimate of drug-likeness (QED) is 0.551. The summed E-state index contributed by atoms with van der Waals surface area (Å²) in [6.07, 6.45) is 8.89. The summed E-state index contributed by atoms with van der Waals surface area (Å²) >= 11 is 0. The Balaban J connectivity index is 2.36. The Labute approximate surface area is 182 Å². The van der Waals surface area contributed by atoms with Gasteiger partial charge in [-0.1, -0.05) is 25.7 Å². The zero-order chi connectivity index (χ0) is 22.8. The number of allylic oxidation sites excluding steroid dienone is 4. The second kappa shape index (κ2) is 11.4. The van der Waals surface area contributed by atoms with Crippen molar-refractivity contribution in [2.24, 2.45) is 0 Å². The number of ether oxygens (including phenoxy) is 3. The van der Waals surface area contributed by atoms with Crippen molar-refractivity contribution in [3.63, 3.8) is 0 Å². The Morgan fingerprint density at radius 1 is 1.13 bits per heavy atom. The van der Waals surface area contributed by atoms with E-state index in [-0.39, 0.29) is 5.91 Å². The molecule has 0 bridgehead atoms. The highest BCUT2D eigenvalue weighted by Crippen LogP contribution is 2.40. The number of rotatable bonds is 10. The van der Waals surface area contributed by atoms with Crippen molar-refractivity contribution in [1.82, 2.24) is 15.3 Å². The van der Waals surface area contributed by atoms with E-state index >= 15 is 0 Å². The molecule has 0 atom stereocenters. The molecular formula is C23H28N4O4. The monoisotopic (exact) mass is 424 g/mol. The molecular weight excluding hydrogens is 396 g/mol. The van der Waals surface area contributed by atoms with Crippen LogP contribution < -0.4 is 24.8 Å². The zero-order valence-corrected chi connectivity index (χ0v) is 18.5. The molecule has 31 heavy (non-hydrogen) atoms. The van der Waals surface area contributed by atoms with Gasteiger partial charge in [-0.3, -0.25) is 9.78 Å². The molecule has 0 aliphatic heterocycles. The van der Waals surface area contributed by atoms with Crippen molar-refractivity contribution < 1.29 is 19.0 Å². The molecule has 1 amide bonds. The van der Waals surface area contributed by atoms with Crippen LogP contribution in [-0.4, -0.2) is 37.2 Å². The van der Waals surface area contributed by atoms with Gasteiger partial charge < -0.3 is 24.8 Å². The summed E-state index contributed by atoms with van der Waals surface area (Å²) < 4.78 is 16.1. The minimum absolute atomic E-state index is 0.0725. The third kappa shape index (κ3) is 6.08. The highest BCUT2D eigenvalue weighted by molar-refractivity contribution is 5.80. The van der Waals surface area contributed by atoms with Crippen LogP contribution in [0.3, 0.4) is 0 Å². The molecule has 0 fully saturated rings. The van der Waals surface area contributed by atoms with Crippen LogP contribution in [0.15, 0.2) is 55.0 Å². The third-order valence-corrected chi connectivity index (χ3v) is 4.31. The number of carbonyl (C=O) groups is 1. The Morgan fingerprint density at radius 2 is 1.81 bits per heavy atom. The standard InChI is InChI=1S/C23H28N4O4/c1-7-15(10-16(8-2)26-22(28)9-3)18-13-24-14-21(27-18)25-17-11-19(29-4)23(31-6)20(12-17)30-5/h7-8,10-14H,1,9H2,2-6H3,(H,25,27)(H,26,28)/b15-10+,16-8+. The molecule has 1 heterocycles. The van der Waals surface area contributed by atoms with Crippen molar-refractivity contribution in [2.45, 2.75) is 20.3 Å². The van der Waals surface area contributed by atoms with Gasteiger partial charge in [0.2, 0.25) is 11.7 Å². The molecule has 2 rings (SSSR count). The summed E-state index contributed by atoms with van der Waals surface area (Å²) in [6, 6.07) is 3.55. The van der Waals surface area contributed by atoms with Gasteiger partial charge in [-0.2, -0.15) is 0 Å². The molecule has 0 saturated heterocycles. The summed E-state index contributed by atoms with van der Waals surface area (Å²) in [5, 5.41) is 6.03. The smallest absolute Gasteiger partial charge is 0.224 e. The second-order valence-corrected chi connectivity index (χ2v) is 6.28. The Kier molecular flexibility index (Phi) is 8.63. The molecule has 164 valence electrons. The van der Waals surface area contributed by atoms with E-state index in [1.165, 1.54) is 0 Å². The van der Waals surface area contributed by atoms with Crippen molar-refractivity contribution in [3.8, 4) is 17.2 Å². The molecule has 0 saturated carbocycles. The number of carbonyl (C=O) groups excluding carboxylic acids is 1. The fourth-order valence-electron chi connectivity index (χ4n) is 2.71. The van der Waals surface area contributed by atoms with E-state index in [0.29, 0.717) is 52.1 Å². The molecule has 8 heteroatoms. The van der Waals surface area contributed by atoms with E-state index in [2.05, 4.69) is 27.2 Å². The first-order valence-electron chi connectivity index (χ1n) is 9.69. The number of benzene rings is 1. The van der Waals surface area contributed by atoms with E-state index in [0.717, 1.165) is 0 Å². The number of amides is 1. The van der Waals surface area contributed by atoms with Gasteiger partial charge in [0.15, 0.2) is 11.5 Å². The van der Waals surface area contributed by atoms with Gasteiger partial charge in [0, 0.05) is 35.5 Å². The van der Waals surface area contributed by atoms with Crippen molar-refractivity contribution in [2.75, 3.05) is 26.6 Å². The zero-order valence-electron chi connectivity index (χ0n) is 18.5. The highest BCUT2D eigenvalue weighted by atomic mass is 16.5. The molecule has 0 unspecified atom stereocenters.